The lowest BCUT2D eigenvalue weighted by molar-refractivity contribution is -0.385. The molecule has 0 radical (unpaired) electrons. The minimum absolute atomic E-state index is 0.257. The minimum Gasteiger partial charge on any atom is -0.502 e. The van der Waals surface area contributed by atoms with Crippen LogP contribution in [0.1, 0.15) is 5.56 Å². The molecule has 0 spiro atoms. The number of aromatic nitrogens is 3. The Morgan fingerprint density at radius 1 is 1.44 bits per heavy atom. The number of H-pyrrole nitrogens is 2. The molecule has 13 nitrogen and oxygen atoms in total. The van der Waals surface area contributed by atoms with Gasteiger partial charge in [0.05, 0.1) is 17.7 Å². The molecule has 0 fully saturated rings. The van der Waals surface area contributed by atoms with Crippen molar-refractivity contribution in [3.63, 3.8) is 0 Å². The maximum atomic E-state index is 11.6. The summed E-state index contributed by atoms with van der Waals surface area (Å²) in [5.74, 6) is -1.39. The number of aromatic hydroxyl groups is 1. The number of hydrogen-bond donors (Lipinski definition) is 5. The highest BCUT2D eigenvalue weighted by Crippen LogP contribution is 2.25. The van der Waals surface area contributed by atoms with Crippen LogP contribution in [0.3, 0.4) is 0 Å². The molecule has 5 N–H and O–H groups in total. The van der Waals surface area contributed by atoms with Gasteiger partial charge in [-0.3, -0.25) is 24.7 Å². The third-order valence-electron chi connectivity index (χ3n) is 2.73. The van der Waals surface area contributed by atoms with Crippen molar-refractivity contribution in [3.8, 4) is 5.75 Å². The number of nitro groups is 1. The lowest BCUT2D eigenvalue weighted by Crippen LogP contribution is -2.31. The van der Waals surface area contributed by atoms with Gasteiger partial charge >= 0.3 is 11.4 Å². The molecule has 13 heteroatoms. The summed E-state index contributed by atoms with van der Waals surface area (Å²) in [5, 5.41) is 31.4. The number of nitro benzene ring substituents is 1. The van der Waals surface area contributed by atoms with Crippen molar-refractivity contribution in [2.24, 2.45) is 5.10 Å². The number of carbonyl (C=O) groups is 1. The average molecular weight is 349 g/mol. The van der Waals surface area contributed by atoms with Crippen LogP contribution < -0.4 is 22.0 Å². The van der Waals surface area contributed by atoms with Crippen LogP contribution in [-0.2, 0) is 4.79 Å². The summed E-state index contributed by atoms with van der Waals surface area (Å²) in [6.07, 6.45) is 1.13. The molecule has 0 aliphatic carbocycles. The maximum Gasteiger partial charge on any atom is 0.342 e. The van der Waals surface area contributed by atoms with Gasteiger partial charge in [-0.25, -0.2) is 15.3 Å². The largest absolute Gasteiger partial charge is 0.502 e. The molecule has 2 aromatic rings. The molecule has 130 valence electrons. The summed E-state index contributed by atoms with van der Waals surface area (Å²) < 4.78 is 0. The quantitative estimate of drug-likeness (QED) is 0.239. The zero-order valence-electron chi connectivity index (χ0n) is 12.3. The van der Waals surface area contributed by atoms with Crippen LogP contribution >= 0.6 is 0 Å². The Morgan fingerprint density at radius 2 is 2.20 bits per heavy atom. The zero-order valence-corrected chi connectivity index (χ0v) is 12.3. The summed E-state index contributed by atoms with van der Waals surface area (Å²) in [6, 6.07) is 3.56. The number of benzene rings is 1. The van der Waals surface area contributed by atoms with E-state index < -0.39 is 33.5 Å². The van der Waals surface area contributed by atoms with Gasteiger partial charge < -0.3 is 10.4 Å². The summed E-state index contributed by atoms with van der Waals surface area (Å²) in [7, 11) is 0. The van der Waals surface area contributed by atoms with Crippen molar-refractivity contribution >= 4 is 23.6 Å². The number of carbonyl (C=O) groups excluding carboxylic acids is 1. The molecule has 0 unspecified atom stereocenters. The van der Waals surface area contributed by atoms with E-state index in [9.17, 15) is 29.6 Å². The van der Waals surface area contributed by atoms with Crippen LogP contribution in [0.5, 0.6) is 5.75 Å². The lowest BCUT2D eigenvalue weighted by atomic mass is 10.2. The first-order chi connectivity index (χ1) is 11.9. The molecular weight excluding hydrogens is 338 g/mol. The minimum atomic E-state index is -0.795. The molecule has 0 bridgehead atoms. The van der Waals surface area contributed by atoms with E-state index in [-0.39, 0.29) is 17.9 Å². The summed E-state index contributed by atoms with van der Waals surface area (Å²) in [4.78, 5) is 45.5. The van der Waals surface area contributed by atoms with Crippen LogP contribution in [0.25, 0.3) is 0 Å². The fourth-order valence-corrected chi connectivity index (χ4v) is 1.62. The Balaban J connectivity index is 1.92. The van der Waals surface area contributed by atoms with Crippen molar-refractivity contribution < 1.29 is 14.8 Å². The average Bonchev–Trinajstić information content (AvgIpc) is 2.55. The fraction of sp³-hybridized carbons (Fsp3) is 0.0833. The van der Waals surface area contributed by atoms with Gasteiger partial charge in [0, 0.05) is 11.6 Å². The van der Waals surface area contributed by atoms with E-state index >= 15 is 0 Å². The summed E-state index contributed by atoms with van der Waals surface area (Å²) in [5.41, 5.74) is 0.314. The standard InChI is InChI=1S/C12H11N7O6/c20-8-2-1-6(3-7(8)19(24)25)4-14-16-9(21)5-13-10-11(22)15-12(23)18-17-10/h1-4,20H,5H2,(H,13,17)(H,16,21)(H2,15,18,22,23)/b14-4-. The SMILES string of the molecule is O=C(CNc1n[nH]c(=O)[nH]c1=O)N/N=C\c1ccc(O)c([N+](=O)[O-])c1. The second-order valence-corrected chi connectivity index (χ2v) is 4.51. The number of anilines is 1. The van der Waals surface area contributed by atoms with E-state index in [1.807, 2.05) is 10.1 Å². The Kier molecular flexibility index (Phi) is 5.19. The summed E-state index contributed by atoms with van der Waals surface area (Å²) >= 11 is 0. The van der Waals surface area contributed by atoms with Crippen molar-refractivity contribution in [2.75, 3.05) is 11.9 Å². The van der Waals surface area contributed by atoms with Crippen LogP contribution in [-0.4, -0.2) is 43.9 Å². The molecule has 1 aromatic heterocycles. The first kappa shape index (κ1) is 17.3. The van der Waals surface area contributed by atoms with Crippen LogP contribution in [0.2, 0.25) is 0 Å². The number of phenolic OH excluding ortho intramolecular Hbond substituents is 1. The van der Waals surface area contributed by atoms with Crippen molar-refractivity contribution in [3.05, 3.63) is 54.7 Å². The van der Waals surface area contributed by atoms with Gasteiger partial charge in [-0.05, 0) is 12.1 Å². The molecule has 0 saturated heterocycles. The van der Waals surface area contributed by atoms with E-state index in [2.05, 4.69) is 20.9 Å². The molecule has 1 heterocycles. The molecule has 0 aliphatic heterocycles. The number of rotatable bonds is 6. The lowest BCUT2D eigenvalue weighted by Gasteiger charge is -2.02. The van der Waals surface area contributed by atoms with Crippen LogP contribution in [0.4, 0.5) is 11.5 Å². The monoisotopic (exact) mass is 349 g/mol. The second-order valence-electron chi connectivity index (χ2n) is 4.51. The predicted molar refractivity (Wildman–Crippen MR) is 84.5 cm³/mol. The molecule has 1 aromatic carbocycles. The highest BCUT2D eigenvalue weighted by molar-refractivity contribution is 5.85. The van der Waals surface area contributed by atoms with Gasteiger partial charge in [-0.1, -0.05) is 0 Å². The molecule has 2 rings (SSSR count). The van der Waals surface area contributed by atoms with Gasteiger partial charge in [-0.2, -0.15) is 5.10 Å². The van der Waals surface area contributed by atoms with Gasteiger partial charge in [0.15, 0.2) is 5.75 Å². The third-order valence-corrected chi connectivity index (χ3v) is 2.73. The molecule has 0 atom stereocenters. The number of phenols is 1. The van der Waals surface area contributed by atoms with Crippen molar-refractivity contribution in [2.45, 2.75) is 0 Å². The number of aromatic amines is 2. The normalized spacial score (nSPS) is 10.6. The number of hydrazone groups is 1. The predicted octanol–water partition coefficient (Wildman–Crippen LogP) is -1.37. The molecule has 1 amide bonds. The van der Waals surface area contributed by atoms with E-state index in [1.54, 1.807) is 0 Å². The molecule has 0 aliphatic rings. The van der Waals surface area contributed by atoms with Crippen LogP contribution in [0.15, 0.2) is 32.9 Å². The summed E-state index contributed by atoms with van der Waals surface area (Å²) in [6.45, 7) is -0.366. The van der Waals surface area contributed by atoms with E-state index in [0.29, 0.717) is 0 Å². The molecule has 0 saturated carbocycles. The highest BCUT2D eigenvalue weighted by Gasteiger charge is 2.12. The fourth-order valence-electron chi connectivity index (χ4n) is 1.62. The number of nitrogens with one attached hydrogen (secondary N) is 4. The van der Waals surface area contributed by atoms with Gasteiger partial charge in [0.1, 0.15) is 0 Å². The van der Waals surface area contributed by atoms with Gasteiger partial charge in [-0.15, -0.1) is 5.10 Å². The Hall–Kier alpha value is -4.03. The highest BCUT2D eigenvalue weighted by atomic mass is 16.6. The molecular formula is C12H11N7O6. The smallest absolute Gasteiger partial charge is 0.342 e. The number of nitrogens with zero attached hydrogens (tertiary/aromatic N) is 3. The second kappa shape index (κ2) is 7.49. The van der Waals surface area contributed by atoms with Crippen molar-refractivity contribution in [1.29, 1.82) is 0 Å². The maximum absolute atomic E-state index is 11.6. The topological polar surface area (TPSA) is 195 Å². The van der Waals surface area contributed by atoms with E-state index in [0.717, 1.165) is 18.3 Å². The number of amides is 1. The van der Waals surface area contributed by atoms with E-state index in [4.69, 9.17) is 0 Å². The van der Waals surface area contributed by atoms with E-state index in [1.165, 1.54) is 6.07 Å². The van der Waals surface area contributed by atoms with Gasteiger partial charge in [0.2, 0.25) is 5.82 Å². The Bertz CT molecular complexity index is 947. The zero-order chi connectivity index (χ0) is 18.4. The third kappa shape index (κ3) is 4.72. The van der Waals surface area contributed by atoms with Crippen molar-refractivity contribution in [1.82, 2.24) is 20.6 Å². The van der Waals surface area contributed by atoms with Crippen LogP contribution in [0, 0.1) is 10.1 Å². The Morgan fingerprint density at radius 3 is 2.88 bits per heavy atom. The Labute approximate surface area is 137 Å². The first-order valence-corrected chi connectivity index (χ1v) is 6.59. The molecule has 25 heavy (non-hydrogen) atoms. The first-order valence-electron chi connectivity index (χ1n) is 6.59. The number of hydrogen-bond acceptors (Lipinski definition) is 9. The van der Waals surface area contributed by atoms with Gasteiger partial charge in [0.25, 0.3) is 11.5 Å².